The van der Waals surface area contributed by atoms with Crippen molar-refractivity contribution in [2.75, 3.05) is 19.5 Å². The molecule has 4 N–H and O–H groups in total. The van der Waals surface area contributed by atoms with E-state index in [4.69, 9.17) is 21.5 Å². The van der Waals surface area contributed by atoms with Crippen LogP contribution in [0.4, 0.5) is 5.69 Å². The van der Waals surface area contributed by atoms with E-state index in [1.165, 1.54) is 24.3 Å². The molecule has 2 atom stereocenters. The van der Waals surface area contributed by atoms with Gasteiger partial charge in [0, 0.05) is 16.3 Å². The van der Waals surface area contributed by atoms with Gasteiger partial charge in [0.2, 0.25) is 10.0 Å². The van der Waals surface area contributed by atoms with Crippen LogP contribution in [0.1, 0.15) is 12.5 Å². The fourth-order valence-corrected chi connectivity index (χ4v) is 3.25. The Bertz CT molecular complexity index is 917. The zero-order valence-corrected chi connectivity index (χ0v) is 16.9. The quantitative estimate of drug-likeness (QED) is 0.632. The van der Waals surface area contributed by atoms with E-state index in [9.17, 15) is 13.2 Å². The third-order valence-electron chi connectivity index (χ3n) is 4.29. The second-order valence-electron chi connectivity index (χ2n) is 6.26. The monoisotopic (exact) mass is 412 g/mol. The zero-order chi connectivity index (χ0) is 20.2. The van der Waals surface area contributed by atoms with Crippen LogP contribution in [0.5, 0.6) is 5.75 Å². The molecule has 27 heavy (non-hydrogen) atoms. The van der Waals surface area contributed by atoms with Gasteiger partial charge in [0.05, 0.1) is 19.1 Å². The Hall–Kier alpha value is -2.13. The lowest BCUT2D eigenvalue weighted by atomic mass is 10.1. The fraction of sp³-hybridized carbons (Fsp3) is 0.278. The molecule has 1 unspecified atom stereocenters. The standard InChI is InChI=1S/C18H22ClN3O4S/c1-12(22(2)11-13-10-14(19)4-9-17(13)26-3)18(23)21-15-5-7-16(8-6-15)27(20,24)25/h4-10,12H,11H2,1-3H3,(H,21,23)(H2,20,24,25)/p+1/t12-/m1/s1. The average molecular weight is 413 g/mol. The Morgan fingerprint density at radius 2 is 1.89 bits per heavy atom. The van der Waals surface area contributed by atoms with Crippen LogP contribution in [-0.2, 0) is 21.4 Å². The Morgan fingerprint density at radius 1 is 1.26 bits per heavy atom. The summed E-state index contributed by atoms with van der Waals surface area (Å²) in [5.74, 6) is 0.516. The van der Waals surface area contributed by atoms with E-state index >= 15 is 0 Å². The van der Waals surface area contributed by atoms with Crippen molar-refractivity contribution in [1.29, 1.82) is 0 Å². The number of amides is 1. The van der Waals surface area contributed by atoms with Crippen LogP contribution in [0.15, 0.2) is 47.4 Å². The number of quaternary nitrogens is 1. The van der Waals surface area contributed by atoms with Crippen molar-refractivity contribution in [1.82, 2.24) is 0 Å². The zero-order valence-electron chi connectivity index (χ0n) is 15.3. The number of primary sulfonamides is 1. The van der Waals surface area contributed by atoms with Crippen LogP contribution < -0.4 is 20.1 Å². The van der Waals surface area contributed by atoms with Crippen molar-refractivity contribution < 1.29 is 22.8 Å². The van der Waals surface area contributed by atoms with Crippen molar-refractivity contribution in [2.45, 2.75) is 24.4 Å². The number of carbonyl (C=O) groups is 1. The van der Waals surface area contributed by atoms with Crippen LogP contribution in [0.3, 0.4) is 0 Å². The first-order valence-electron chi connectivity index (χ1n) is 8.20. The fourth-order valence-electron chi connectivity index (χ4n) is 2.54. The molecule has 0 aliphatic rings. The predicted octanol–water partition coefficient (Wildman–Crippen LogP) is 1.04. The van der Waals surface area contributed by atoms with Gasteiger partial charge in [-0.1, -0.05) is 11.6 Å². The molecule has 0 bridgehead atoms. The first-order chi connectivity index (χ1) is 12.6. The van der Waals surface area contributed by atoms with Gasteiger partial charge in [0.1, 0.15) is 12.3 Å². The highest BCUT2D eigenvalue weighted by atomic mass is 35.5. The molecule has 2 rings (SSSR count). The molecule has 0 heterocycles. The topological polar surface area (TPSA) is 103 Å². The van der Waals surface area contributed by atoms with Crippen molar-refractivity contribution >= 4 is 33.2 Å². The molecule has 0 aromatic heterocycles. The Kier molecular flexibility index (Phi) is 6.83. The van der Waals surface area contributed by atoms with Crippen LogP contribution >= 0.6 is 11.6 Å². The van der Waals surface area contributed by atoms with Gasteiger partial charge in [0.25, 0.3) is 5.91 Å². The van der Waals surface area contributed by atoms with Gasteiger partial charge in [-0.05, 0) is 49.4 Å². The number of rotatable bonds is 7. The van der Waals surface area contributed by atoms with Gasteiger partial charge in [-0.25, -0.2) is 13.6 Å². The minimum absolute atomic E-state index is 0.00987. The maximum Gasteiger partial charge on any atom is 0.282 e. The second kappa shape index (κ2) is 8.71. The van der Waals surface area contributed by atoms with E-state index in [0.29, 0.717) is 23.0 Å². The molecule has 0 aliphatic heterocycles. The van der Waals surface area contributed by atoms with Crippen molar-refractivity contribution in [2.24, 2.45) is 5.14 Å². The van der Waals surface area contributed by atoms with E-state index in [2.05, 4.69) is 5.32 Å². The van der Waals surface area contributed by atoms with Gasteiger partial charge < -0.3 is 15.0 Å². The number of benzene rings is 2. The molecule has 9 heteroatoms. The molecular formula is C18H23ClN3O4S+. The lowest BCUT2D eigenvalue weighted by molar-refractivity contribution is -0.907. The molecule has 2 aromatic carbocycles. The highest BCUT2D eigenvalue weighted by molar-refractivity contribution is 7.89. The summed E-state index contributed by atoms with van der Waals surface area (Å²) >= 11 is 6.06. The van der Waals surface area contributed by atoms with Gasteiger partial charge >= 0.3 is 0 Å². The third kappa shape index (κ3) is 5.67. The second-order valence-corrected chi connectivity index (χ2v) is 8.26. The molecule has 0 fully saturated rings. The van der Waals surface area contributed by atoms with Gasteiger partial charge in [-0.15, -0.1) is 0 Å². The molecule has 0 spiro atoms. The molecule has 0 saturated heterocycles. The highest BCUT2D eigenvalue weighted by Gasteiger charge is 2.23. The Balaban J connectivity index is 2.05. The van der Waals surface area contributed by atoms with Crippen LogP contribution in [0.2, 0.25) is 5.02 Å². The van der Waals surface area contributed by atoms with Gasteiger partial charge in [-0.3, -0.25) is 4.79 Å². The van der Waals surface area contributed by atoms with E-state index in [-0.39, 0.29) is 16.8 Å². The summed E-state index contributed by atoms with van der Waals surface area (Å²) in [5.41, 5.74) is 1.40. The number of carbonyl (C=O) groups excluding carboxylic acids is 1. The van der Waals surface area contributed by atoms with E-state index < -0.39 is 10.0 Å². The molecule has 1 amide bonds. The lowest BCUT2D eigenvalue weighted by Gasteiger charge is -2.22. The predicted molar refractivity (Wildman–Crippen MR) is 105 cm³/mol. The van der Waals surface area contributed by atoms with Gasteiger partial charge in [0.15, 0.2) is 6.04 Å². The smallest absolute Gasteiger partial charge is 0.282 e. The normalized spacial score (nSPS) is 13.7. The molecule has 2 aromatic rings. The SMILES string of the molecule is COc1ccc(Cl)cc1C[NH+](C)[C@H](C)C(=O)Nc1ccc(S(N)(=O)=O)cc1. The number of ether oxygens (including phenoxy) is 1. The maximum atomic E-state index is 12.5. The van der Waals surface area contributed by atoms with E-state index in [0.717, 1.165) is 10.5 Å². The number of halogens is 1. The number of nitrogens with one attached hydrogen (secondary N) is 2. The van der Waals surface area contributed by atoms with Crippen LogP contribution in [-0.4, -0.2) is 34.5 Å². The summed E-state index contributed by atoms with van der Waals surface area (Å²) in [5, 5.41) is 8.44. The summed E-state index contributed by atoms with van der Waals surface area (Å²) in [4.78, 5) is 13.4. The summed E-state index contributed by atoms with van der Waals surface area (Å²) in [6, 6.07) is 10.7. The van der Waals surface area contributed by atoms with E-state index in [1.807, 2.05) is 13.1 Å². The van der Waals surface area contributed by atoms with Gasteiger partial charge in [-0.2, -0.15) is 0 Å². The minimum Gasteiger partial charge on any atom is -0.496 e. The van der Waals surface area contributed by atoms with E-state index in [1.54, 1.807) is 26.2 Å². The lowest BCUT2D eigenvalue weighted by Crippen LogP contribution is -3.12. The first kappa shape index (κ1) is 21.2. The number of likely N-dealkylation sites (N-methyl/N-ethyl adjacent to an activating group) is 1. The van der Waals surface area contributed by atoms with Crippen LogP contribution in [0, 0.1) is 0 Å². The molecule has 0 saturated carbocycles. The highest BCUT2D eigenvalue weighted by Crippen LogP contribution is 2.21. The maximum absolute atomic E-state index is 12.5. The number of hydrogen-bond acceptors (Lipinski definition) is 4. The number of hydrogen-bond donors (Lipinski definition) is 3. The summed E-state index contributed by atoms with van der Waals surface area (Å²) in [7, 11) is -0.278. The Morgan fingerprint density at radius 3 is 2.44 bits per heavy atom. The van der Waals surface area contributed by atoms with Crippen molar-refractivity contribution in [3.63, 3.8) is 0 Å². The molecule has 146 valence electrons. The third-order valence-corrected chi connectivity index (χ3v) is 5.46. The van der Waals surface area contributed by atoms with Crippen LogP contribution in [0.25, 0.3) is 0 Å². The molecular weight excluding hydrogens is 390 g/mol. The number of nitrogens with two attached hydrogens (primary N) is 1. The number of anilines is 1. The number of sulfonamides is 1. The van der Waals surface area contributed by atoms with Crippen molar-refractivity contribution in [3.8, 4) is 5.75 Å². The molecule has 0 radical (unpaired) electrons. The minimum atomic E-state index is -3.76. The average Bonchev–Trinajstić information content (AvgIpc) is 2.61. The summed E-state index contributed by atoms with van der Waals surface area (Å²) in [6.07, 6.45) is 0. The van der Waals surface area contributed by atoms with Crippen molar-refractivity contribution in [3.05, 3.63) is 53.1 Å². The first-order valence-corrected chi connectivity index (χ1v) is 10.1. The Labute approximate surface area is 164 Å². The number of methoxy groups -OCH3 is 1. The summed E-state index contributed by atoms with van der Waals surface area (Å²) in [6.45, 7) is 2.35. The molecule has 7 nitrogen and oxygen atoms in total. The summed E-state index contributed by atoms with van der Waals surface area (Å²) < 4.78 is 27.9. The largest absolute Gasteiger partial charge is 0.496 e. The molecule has 0 aliphatic carbocycles.